The topological polar surface area (TPSA) is 50.7 Å². The molecule has 0 saturated carbocycles. The highest BCUT2D eigenvalue weighted by molar-refractivity contribution is 9.11. The molecule has 0 saturated heterocycles. The van der Waals surface area contributed by atoms with Gasteiger partial charge in [-0.1, -0.05) is 13.2 Å². The zero-order valence-electron chi connectivity index (χ0n) is 9.13. The number of ether oxygens (including phenoxy) is 1. The Morgan fingerprint density at radius 1 is 1.53 bits per heavy atom. The molecule has 0 unspecified atom stereocenters. The summed E-state index contributed by atoms with van der Waals surface area (Å²) >= 11 is 3.05. The molecule has 0 aromatic carbocycles. The van der Waals surface area contributed by atoms with Crippen LogP contribution in [0.15, 0.2) is 28.8 Å². The Balaban J connectivity index is 4.39. The highest BCUT2D eigenvalue weighted by atomic mass is 79.9. The van der Waals surface area contributed by atoms with E-state index in [1.807, 2.05) is 0 Å². The van der Waals surface area contributed by atoms with Gasteiger partial charge < -0.3 is 4.74 Å². The monoisotopic (exact) mass is 274 g/mol. The molecule has 0 atom stereocenters. The number of hydrogen-bond donors (Lipinski definition) is 1. The van der Waals surface area contributed by atoms with Gasteiger partial charge in [0.25, 0.3) is 0 Å². The molecule has 1 N–H and O–H groups in total. The van der Waals surface area contributed by atoms with E-state index in [1.54, 1.807) is 20.8 Å². The molecule has 1 amide bonds. The maximum Gasteiger partial charge on any atom is 0.413 e. The SMILES string of the molecule is C=C/C(=N\C(=C)Br)NC(=O)OC(C)(C)C. The van der Waals surface area contributed by atoms with E-state index < -0.39 is 11.7 Å². The molecule has 0 aliphatic rings. The molecule has 0 spiro atoms. The van der Waals surface area contributed by atoms with Crippen LogP contribution in [0, 0.1) is 0 Å². The van der Waals surface area contributed by atoms with Crippen molar-refractivity contribution in [2.45, 2.75) is 26.4 Å². The zero-order valence-corrected chi connectivity index (χ0v) is 10.7. The second kappa shape index (κ2) is 5.70. The molecule has 0 aliphatic carbocycles. The summed E-state index contributed by atoms with van der Waals surface area (Å²) in [5, 5.41) is 2.43. The minimum Gasteiger partial charge on any atom is -0.444 e. The summed E-state index contributed by atoms with van der Waals surface area (Å²) in [5.74, 6) is 0.283. The van der Waals surface area contributed by atoms with Crippen LogP contribution in [0.1, 0.15) is 20.8 Å². The Hall–Kier alpha value is -1.10. The molecule has 0 aromatic rings. The van der Waals surface area contributed by atoms with E-state index in [0.717, 1.165) is 0 Å². The predicted molar refractivity (Wildman–Crippen MR) is 65.1 cm³/mol. The molecule has 0 aliphatic heterocycles. The van der Waals surface area contributed by atoms with Gasteiger partial charge >= 0.3 is 6.09 Å². The number of carbonyl (C=O) groups excluding carboxylic acids is 1. The van der Waals surface area contributed by atoms with Crippen LogP contribution in [0.3, 0.4) is 0 Å². The molecule has 0 aromatic heterocycles. The van der Waals surface area contributed by atoms with Gasteiger partial charge in [-0.05, 0) is 42.8 Å². The Morgan fingerprint density at radius 2 is 2.07 bits per heavy atom. The molecule has 5 heteroatoms. The Morgan fingerprint density at radius 3 is 2.40 bits per heavy atom. The first-order valence-corrected chi connectivity index (χ1v) is 5.09. The fourth-order valence-corrected chi connectivity index (χ4v) is 0.855. The number of rotatable bonds is 2. The molecule has 0 fully saturated rings. The van der Waals surface area contributed by atoms with Crippen molar-refractivity contribution < 1.29 is 9.53 Å². The Bertz CT molecular complexity index is 303. The third-order valence-corrected chi connectivity index (χ3v) is 1.24. The van der Waals surface area contributed by atoms with Gasteiger partial charge in [0.15, 0.2) is 0 Å². The fraction of sp³-hybridized carbons (Fsp3) is 0.400. The highest BCUT2D eigenvalue weighted by Gasteiger charge is 2.16. The third-order valence-electron chi connectivity index (χ3n) is 1.06. The highest BCUT2D eigenvalue weighted by Crippen LogP contribution is 2.07. The first-order valence-electron chi connectivity index (χ1n) is 4.30. The molecular formula is C10H15BrN2O2. The lowest BCUT2D eigenvalue weighted by molar-refractivity contribution is 0.0563. The van der Waals surface area contributed by atoms with Crippen LogP contribution in [-0.2, 0) is 4.74 Å². The summed E-state index contributed by atoms with van der Waals surface area (Å²) < 4.78 is 5.42. The van der Waals surface area contributed by atoms with Crippen molar-refractivity contribution in [2.75, 3.05) is 0 Å². The van der Waals surface area contributed by atoms with Gasteiger partial charge in [0.05, 0.1) is 0 Å². The molecule has 0 rings (SSSR count). The second-order valence-electron chi connectivity index (χ2n) is 3.70. The van der Waals surface area contributed by atoms with E-state index in [2.05, 4.69) is 39.4 Å². The fourth-order valence-electron chi connectivity index (χ4n) is 0.664. The molecule has 15 heavy (non-hydrogen) atoms. The first kappa shape index (κ1) is 13.9. The Labute approximate surface area is 98.2 Å². The minimum atomic E-state index is -0.574. The zero-order chi connectivity index (χ0) is 12.1. The summed E-state index contributed by atoms with van der Waals surface area (Å²) in [6.07, 6.45) is 0.825. The number of alkyl carbamates (subject to hydrolysis) is 1. The van der Waals surface area contributed by atoms with E-state index in [9.17, 15) is 4.79 Å². The summed E-state index contributed by atoms with van der Waals surface area (Å²) in [6, 6.07) is 0. The molecule has 4 nitrogen and oxygen atoms in total. The van der Waals surface area contributed by atoms with Gasteiger partial charge in [0, 0.05) is 0 Å². The largest absolute Gasteiger partial charge is 0.444 e. The maximum atomic E-state index is 11.3. The summed E-state index contributed by atoms with van der Waals surface area (Å²) in [6.45, 7) is 12.4. The third kappa shape index (κ3) is 7.93. The molecule has 0 radical (unpaired) electrons. The number of nitrogens with one attached hydrogen (secondary N) is 1. The Kier molecular flexibility index (Phi) is 5.28. The van der Waals surface area contributed by atoms with E-state index in [-0.39, 0.29) is 5.84 Å². The van der Waals surface area contributed by atoms with E-state index >= 15 is 0 Å². The van der Waals surface area contributed by atoms with Crippen LogP contribution in [0.25, 0.3) is 0 Å². The van der Waals surface area contributed by atoms with Gasteiger partial charge in [-0.2, -0.15) is 0 Å². The number of hydrogen-bond acceptors (Lipinski definition) is 3. The standard InChI is InChI=1S/C10H15BrN2O2/c1-6-8(12-7(2)11)13-9(14)15-10(3,4)5/h6H,1-2H2,3-5H3,(H,12,13,14). The van der Waals surface area contributed by atoms with Crippen LogP contribution < -0.4 is 5.32 Å². The second-order valence-corrected chi connectivity index (χ2v) is 4.62. The quantitative estimate of drug-likeness (QED) is 0.478. The maximum absolute atomic E-state index is 11.3. The van der Waals surface area contributed by atoms with Crippen molar-refractivity contribution in [3.8, 4) is 0 Å². The average molecular weight is 275 g/mol. The smallest absolute Gasteiger partial charge is 0.413 e. The van der Waals surface area contributed by atoms with Crippen LogP contribution >= 0.6 is 15.9 Å². The van der Waals surface area contributed by atoms with Crippen LogP contribution in [0.4, 0.5) is 4.79 Å². The lowest BCUT2D eigenvalue weighted by Gasteiger charge is -2.19. The molecule has 0 heterocycles. The lowest BCUT2D eigenvalue weighted by atomic mass is 10.2. The number of amides is 1. The number of nitrogens with zero attached hydrogens (tertiary/aromatic N) is 1. The summed E-state index contributed by atoms with van der Waals surface area (Å²) in [5.41, 5.74) is -0.540. The minimum absolute atomic E-state index is 0.283. The van der Waals surface area contributed by atoms with E-state index in [0.29, 0.717) is 4.61 Å². The van der Waals surface area contributed by atoms with Crippen molar-refractivity contribution >= 4 is 27.9 Å². The van der Waals surface area contributed by atoms with Crippen molar-refractivity contribution in [1.29, 1.82) is 0 Å². The van der Waals surface area contributed by atoms with Crippen molar-refractivity contribution in [3.05, 3.63) is 23.8 Å². The van der Waals surface area contributed by atoms with Crippen molar-refractivity contribution in [3.63, 3.8) is 0 Å². The van der Waals surface area contributed by atoms with Crippen LogP contribution in [0.5, 0.6) is 0 Å². The number of carbonyl (C=O) groups is 1. The van der Waals surface area contributed by atoms with Gasteiger partial charge in [-0.25, -0.2) is 9.79 Å². The first-order chi connectivity index (χ1) is 6.74. The number of amidine groups is 1. The van der Waals surface area contributed by atoms with Crippen LogP contribution in [0.2, 0.25) is 0 Å². The number of aliphatic imine (C=N–C) groups is 1. The number of halogens is 1. The predicted octanol–water partition coefficient (Wildman–Crippen LogP) is 2.96. The molecule has 84 valence electrons. The van der Waals surface area contributed by atoms with Gasteiger partial charge in [-0.15, -0.1) is 0 Å². The normalized spacial score (nSPS) is 11.9. The average Bonchev–Trinajstić information content (AvgIpc) is 1.98. The van der Waals surface area contributed by atoms with Crippen LogP contribution in [-0.4, -0.2) is 17.5 Å². The van der Waals surface area contributed by atoms with Crippen molar-refractivity contribution in [1.82, 2.24) is 5.32 Å². The lowest BCUT2D eigenvalue weighted by Crippen LogP contribution is -2.35. The summed E-state index contributed by atoms with van der Waals surface area (Å²) in [4.78, 5) is 15.2. The van der Waals surface area contributed by atoms with Gasteiger partial charge in [0.1, 0.15) is 16.0 Å². The molecule has 0 bridgehead atoms. The van der Waals surface area contributed by atoms with Gasteiger partial charge in [0.2, 0.25) is 0 Å². The van der Waals surface area contributed by atoms with Gasteiger partial charge in [-0.3, -0.25) is 5.32 Å². The van der Waals surface area contributed by atoms with E-state index in [4.69, 9.17) is 4.74 Å². The summed E-state index contributed by atoms with van der Waals surface area (Å²) in [7, 11) is 0. The van der Waals surface area contributed by atoms with Crippen molar-refractivity contribution in [2.24, 2.45) is 4.99 Å². The van der Waals surface area contributed by atoms with E-state index in [1.165, 1.54) is 6.08 Å². The molecular weight excluding hydrogens is 260 g/mol.